The van der Waals surface area contributed by atoms with Crippen molar-refractivity contribution in [2.24, 2.45) is 0 Å². The molecule has 0 bridgehead atoms. The van der Waals surface area contributed by atoms with Gasteiger partial charge in [-0.15, -0.1) is 0 Å². The van der Waals surface area contributed by atoms with E-state index in [9.17, 15) is 4.79 Å². The molecule has 1 rings (SSSR count). The third-order valence-electron chi connectivity index (χ3n) is 1.55. The minimum atomic E-state index is -0.913. The quantitative estimate of drug-likeness (QED) is 0.592. The zero-order chi connectivity index (χ0) is 8.43. The van der Waals surface area contributed by atoms with Crippen molar-refractivity contribution in [3.05, 3.63) is 0 Å². The lowest BCUT2D eigenvalue weighted by molar-refractivity contribution is -0.162. The molecule has 0 aromatic rings. The Morgan fingerprint density at radius 3 is 2.73 bits per heavy atom. The number of rotatable bonds is 2. The first-order chi connectivity index (χ1) is 5.15. The molecule has 1 aliphatic rings. The van der Waals surface area contributed by atoms with Crippen molar-refractivity contribution in [1.29, 1.82) is 0 Å². The maximum absolute atomic E-state index is 10.5. The number of alkyl halides is 1. The average Bonchev–Trinajstić information content (AvgIpc) is 2.30. The minimum Gasteiger partial charge on any atom is -0.479 e. The molecule has 1 saturated heterocycles. The van der Waals surface area contributed by atoms with Gasteiger partial charge in [0.2, 0.25) is 0 Å². The maximum Gasteiger partial charge on any atom is 0.334 e. The van der Waals surface area contributed by atoms with Gasteiger partial charge in [-0.2, -0.15) is 0 Å². The van der Waals surface area contributed by atoms with Crippen molar-refractivity contribution in [2.45, 2.75) is 22.7 Å². The molecule has 1 aliphatic heterocycles. The van der Waals surface area contributed by atoms with E-state index >= 15 is 0 Å². The fourth-order valence-corrected chi connectivity index (χ4v) is 1.87. The minimum absolute atomic E-state index is 0.00931. The average molecular weight is 272 g/mol. The number of ether oxygens (including phenoxy) is 2. The summed E-state index contributed by atoms with van der Waals surface area (Å²) in [6.45, 7) is 0. The topological polar surface area (TPSA) is 55.8 Å². The Balaban J connectivity index is 2.51. The van der Waals surface area contributed by atoms with Crippen LogP contribution in [0.4, 0.5) is 0 Å². The first-order valence-electron chi connectivity index (χ1n) is 3.20. The maximum atomic E-state index is 10.5. The van der Waals surface area contributed by atoms with E-state index in [4.69, 9.17) is 14.6 Å². The third kappa shape index (κ3) is 2.03. The lowest BCUT2D eigenvalue weighted by Gasteiger charge is -2.08. The van der Waals surface area contributed by atoms with Crippen molar-refractivity contribution >= 4 is 28.6 Å². The fraction of sp³-hybridized carbons (Fsp3) is 0.833. The molecule has 5 heteroatoms. The second kappa shape index (κ2) is 3.68. The highest BCUT2D eigenvalue weighted by molar-refractivity contribution is 14.1. The molecule has 0 radical (unpaired) electrons. The summed E-state index contributed by atoms with van der Waals surface area (Å²) < 4.78 is 9.94. The molecule has 1 N–H and O–H groups in total. The van der Waals surface area contributed by atoms with Crippen molar-refractivity contribution in [1.82, 2.24) is 0 Å². The number of halogens is 1. The number of carboxylic acid groups (broad SMARTS) is 1. The zero-order valence-corrected chi connectivity index (χ0v) is 8.15. The van der Waals surface area contributed by atoms with Crippen LogP contribution in [0.25, 0.3) is 0 Å². The van der Waals surface area contributed by atoms with Gasteiger partial charge in [-0.3, -0.25) is 0 Å². The van der Waals surface area contributed by atoms with Gasteiger partial charge in [0.1, 0.15) is 0 Å². The van der Waals surface area contributed by atoms with Crippen LogP contribution < -0.4 is 0 Å². The predicted octanol–water partition coefficient (Wildman–Crippen LogP) is 0.636. The molecule has 4 nitrogen and oxygen atoms in total. The monoisotopic (exact) mass is 272 g/mol. The number of hydrogen-bond donors (Lipinski definition) is 1. The smallest absolute Gasteiger partial charge is 0.334 e. The van der Waals surface area contributed by atoms with Crippen molar-refractivity contribution in [3.63, 3.8) is 0 Å². The molecule has 1 fully saturated rings. The number of methoxy groups -OCH3 is 1. The van der Waals surface area contributed by atoms with Gasteiger partial charge >= 0.3 is 5.97 Å². The molecule has 0 aromatic carbocycles. The molecule has 3 atom stereocenters. The van der Waals surface area contributed by atoms with E-state index in [2.05, 4.69) is 22.6 Å². The van der Waals surface area contributed by atoms with Crippen LogP contribution in [0.3, 0.4) is 0 Å². The molecule has 0 spiro atoms. The Bertz CT molecular complexity index is 161. The van der Waals surface area contributed by atoms with Crippen LogP contribution in [0.1, 0.15) is 6.42 Å². The highest BCUT2D eigenvalue weighted by atomic mass is 127. The van der Waals surface area contributed by atoms with E-state index < -0.39 is 12.1 Å². The van der Waals surface area contributed by atoms with Crippen LogP contribution in [0.15, 0.2) is 0 Å². The van der Waals surface area contributed by atoms with E-state index in [1.54, 1.807) is 0 Å². The lowest BCUT2D eigenvalue weighted by atomic mass is 10.2. The van der Waals surface area contributed by atoms with Gasteiger partial charge in [-0.1, -0.05) is 22.6 Å². The zero-order valence-electron chi connectivity index (χ0n) is 5.99. The number of aliphatic carboxylic acids is 1. The molecular weight excluding hydrogens is 263 g/mol. The number of hydrogen-bond acceptors (Lipinski definition) is 3. The predicted molar refractivity (Wildman–Crippen MR) is 45.7 cm³/mol. The standard InChI is InChI=1S/C6H9IO4/c1-10-4-2-3(7)5(11-4)6(8)9/h3-5H,2H2,1H3,(H,8,9). The summed E-state index contributed by atoms with van der Waals surface area (Å²) in [6.07, 6.45) is -0.410. The Labute approximate surface area is 78.0 Å². The molecule has 0 saturated carbocycles. The van der Waals surface area contributed by atoms with Gasteiger partial charge in [0, 0.05) is 13.5 Å². The summed E-state index contributed by atoms with van der Waals surface area (Å²) in [6, 6.07) is 0. The normalized spacial score (nSPS) is 37.5. The van der Waals surface area contributed by atoms with E-state index in [0.29, 0.717) is 6.42 Å². The molecule has 3 unspecified atom stereocenters. The molecule has 11 heavy (non-hydrogen) atoms. The van der Waals surface area contributed by atoms with E-state index in [0.717, 1.165) is 0 Å². The molecule has 0 aromatic heterocycles. The Kier molecular flexibility index (Phi) is 3.08. The van der Waals surface area contributed by atoms with Crippen LogP contribution in [-0.4, -0.2) is 34.5 Å². The van der Waals surface area contributed by atoms with Gasteiger partial charge in [0.15, 0.2) is 12.4 Å². The van der Waals surface area contributed by atoms with Crippen LogP contribution in [0, 0.1) is 0 Å². The van der Waals surface area contributed by atoms with Crippen molar-refractivity contribution in [2.75, 3.05) is 7.11 Å². The Morgan fingerprint density at radius 2 is 2.45 bits per heavy atom. The largest absolute Gasteiger partial charge is 0.479 e. The molecule has 0 aliphatic carbocycles. The fourth-order valence-electron chi connectivity index (χ4n) is 0.976. The molecule has 0 amide bonds. The molecule has 1 heterocycles. The second-order valence-corrected chi connectivity index (χ2v) is 3.91. The molecular formula is C6H9IO4. The van der Waals surface area contributed by atoms with Gasteiger partial charge < -0.3 is 14.6 Å². The Hall–Kier alpha value is 0.120. The highest BCUT2D eigenvalue weighted by Crippen LogP contribution is 2.27. The van der Waals surface area contributed by atoms with Gasteiger partial charge in [0.05, 0.1) is 3.92 Å². The second-order valence-electron chi connectivity index (χ2n) is 2.31. The third-order valence-corrected chi connectivity index (χ3v) is 2.71. The number of carboxylic acids is 1. The summed E-state index contributed by atoms with van der Waals surface area (Å²) in [5.74, 6) is -0.913. The molecule has 64 valence electrons. The van der Waals surface area contributed by atoms with Crippen LogP contribution in [0.2, 0.25) is 0 Å². The van der Waals surface area contributed by atoms with E-state index in [1.807, 2.05) is 0 Å². The lowest BCUT2D eigenvalue weighted by Crippen LogP contribution is -2.26. The first kappa shape index (κ1) is 9.21. The first-order valence-corrected chi connectivity index (χ1v) is 4.45. The van der Waals surface area contributed by atoms with Crippen LogP contribution >= 0.6 is 22.6 Å². The van der Waals surface area contributed by atoms with Crippen LogP contribution in [0.5, 0.6) is 0 Å². The Morgan fingerprint density at radius 1 is 1.82 bits per heavy atom. The van der Waals surface area contributed by atoms with Gasteiger partial charge in [0.25, 0.3) is 0 Å². The van der Waals surface area contributed by atoms with E-state index in [1.165, 1.54) is 7.11 Å². The van der Waals surface area contributed by atoms with Gasteiger partial charge in [-0.25, -0.2) is 4.79 Å². The summed E-state index contributed by atoms with van der Waals surface area (Å²) in [7, 11) is 1.51. The highest BCUT2D eigenvalue weighted by Gasteiger charge is 2.38. The van der Waals surface area contributed by atoms with Crippen molar-refractivity contribution in [3.8, 4) is 0 Å². The summed E-state index contributed by atoms with van der Waals surface area (Å²) in [5, 5.41) is 8.61. The summed E-state index contributed by atoms with van der Waals surface area (Å²) >= 11 is 2.06. The van der Waals surface area contributed by atoms with Gasteiger partial charge in [-0.05, 0) is 0 Å². The van der Waals surface area contributed by atoms with Crippen molar-refractivity contribution < 1.29 is 19.4 Å². The van der Waals surface area contributed by atoms with Crippen LogP contribution in [-0.2, 0) is 14.3 Å². The summed E-state index contributed by atoms with van der Waals surface area (Å²) in [4.78, 5) is 10.5. The number of carbonyl (C=O) groups is 1. The SMILES string of the molecule is COC1CC(I)C(C(=O)O)O1. The van der Waals surface area contributed by atoms with E-state index in [-0.39, 0.29) is 10.2 Å². The summed E-state index contributed by atoms with van der Waals surface area (Å²) in [5.41, 5.74) is 0.